The number of carbonyl (C=O) groups excluding carboxylic acids is 1. The van der Waals surface area contributed by atoms with Crippen LogP contribution in [-0.2, 0) is 0 Å². The predicted molar refractivity (Wildman–Crippen MR) is 76.0 cm³/mol. The summed E-state index contributed by atoms with van der Waals surface area (Å²) in [5.74, 6) is -1.87. The molecule has 0 bridgehead atoms. The van der Waals surface area contributed by atoms with Crippen molar-refractivity contribution in [1.82, 2.24) is 0 Å². The van der Waals surface area contributed by atoms with Crippen LogP contribution in [0.3, 0.4) is 0 Å². The second-order valence-corrected chi connectivity index (χ2v) is 4.53. The van der Waals surface area contributed by atoms with Gasteiger partial charge in [0.25, 0.3) is 0 Å². The molecule has 0 saturated carbocycles. The maximum Gasteiger partial charge on any atom is 0.196 e. The average Bonchev–Trinajstić information content (AvgIpc) is 2.42. The number of allylic oxidation sites excluding steroid dienone is 1. The normalized spacial score (nSPS) is 10.2. The van der Waals surface area contributed by atoms with Gasteiger partial charge < -0.3 is 15.3 Å². The van der Waals surface area contributed by atoms with Crippen LogP contribution in [0.4, 0.5) is 0 Å². The van der Waals surface area contributed by atoms with Gasteiger partial charge in [-0.25, -0.2) is 0 Å². The molecule has 2 aromatic rings. The van der Waals surface area contributed by atoms with E-state index in [4.69, 9.17) is 0 Å². The van der Waals surface area contributed by atoms with Gasteiger partial charge in [0.2, 0.25) is 0 Å². The predicted octanol–water partition coefficient (Wildman–Crippen LogP) is 3.01. The van der Waals surface area contributed by atoms with Gasteiger partial charge in [-0.3, -0.25) is 4.79 Å². The first-order valence-corrected chi connectivity index (χ1v) is 5.95. The molecule has 3 N–H and O–H groups in total. The quantitative estimate of drug-likeness (QED) is 0.347. The van der Waals surface area contributed by atoms with Gasteiger partial charge in [-0.1, -0.05) is 36.4 Å². The Bertz CT molecular complexity index is 684. The summed E-state index contributed by atoms with van der Waals surface area (Å²) in [7, 11) is 0. The molecule has 0 unspecified atom stereocenters. The number of aromatic hydroxyl groups is 3. The van der Waals surface area contributed by atoms with Gasteiger partial charge in [0.1, 0.15) is 5.75 Å². The Morgan fingerprint density at radius 1 is 0.950 bits per heavy atom. The van der Waals surface area contributed by atoms with E-state index < -0.39 is 23.0 Å². The molecule has 0 aliphatic carbocycles. The number of hydrogen-bond acceptors (Lipinski definition) is 4. The maximum atomic E-state index is 12.3. The van der Waals surface area contributed by atoms with E-state index in [2.05, 4.69) is 6.58 Å². The molecule has 102 valence electrons. The van der Waals surface area contributed by atoms with E-state index in [9.17, 15) is 20.1 Å². The molecule has 20 heavy (non-hydrogen) atoms. The molecule has 4 heteroatoms. The molecule has 4 nitrogen and oxygen atoms in total. The lowest BCUT2D eigenvalue weighted by Crippen LogP contribution is -2.02. The molecule has 0 amide bonds. The van der Waals surface area contributed by atoms with Gasteiger partial charge >= 0.3 is 0 Å². The first-order chi connectivity index (χ1) is 9.40. The van der Waals surface area contributed by atoms with Crippen molar-refractivity contribution >= 4 is 11.4 Å². The lowest BCUT2D eigenvalue weighted by atomic mass is 9.96. The van der Waals surface area contributed by atoms with Crippen molar-refractivity contribution in [2.45, 2.75) is 6.92 Å². The highest BCUT2D eigenvalue weighted by Gasteiger charge is 2.18. The van der Waals surface area contributed by atoms with E-state index in [0.29, 0.717) is 5.56 Å². The maximum absolute atomic E-state index is 12.3. The van der Waals surface area contributed by atoms with E-state index >= 15 is 0 Å². The third-order valence-electron chi connectivity index (χ3n) is 3.01. The number of benzene rings is 2. The Morgan fingerprint density at radius 2 is 1.50 bits per heavy atom. The summed E-state index contributed by atoms with van der Waals surface area (Å²) < 4.78 is 0. The van der Waals surface area contributed by atoms with Crippen molar-refractivity contribution in [3.8, 4) is 17.2 Å². The SMILES string of the molecule is C=C(C(=O)c1cc(O)c(O)cc1O)c1ccc(C)cc1. The molecule has 0 aliphatic rings. The van der Waals surface area contributed by atoms with Gasteiger partial charge in [0, 0.05) is 11.6 Å². The smallest absolute Gasteiger partial charge is 0.196 e. The summed E-state index contributed by atoms with van der Waals surface area (Å²) in [6, 6.07) is 9.15. The number of carbonyl (C=O) groups is 1. The van der Waals surface area contributed by atoms with Crippen molar-refractivity contribution in [3.05, 3.63) is 59.7 Å². The monoisotopic (exact) mass is 270 g/mol. The van der Waals surface area contributed by atoms with Crippen LogP contribution < -0.4 is 0 Å². The number of aryl methyl sites for hydroxylation is 1. The number of hydrogen-bond donors (Lipinski definition) is 3. The van der Waals surface area contributed by atoms with Crippen LogP contribution >= 0.6 is 0 Å². The standard InChI is InChI=1S/C16H14O4/c1-9-3-5-11(6-4-9)10(2)16(20)12-7-14(18)15(19)8-13(12)17/h3-8,17-19H,2H2,1H3. The minimum atomic E-state index is -0.512. The topological polar surface area (TPSA) is 77.8 Å². The van der Waals surface area contributed by atoms with Crippen LogP contribution in [-0.4, -0.2) is 21.1 Å². The number of Topliss-reactive ketones (excluding diaryl/α,β-unsaturated/α-hetero) is 1. The highest BCUT2D eigenvalue weighted by atomic mass is 16.3. The van der Waals surface area contributed by atoms with Gasteiger partial charge in [-0.15, -0.1) is 0 Å². The van der Waals surface area contributed by atoms with Gasteiger partial charge in [0.05, 0.1) is 5.56 Å². The fourth-order valence-corrected chi connectivity index (χ4v) is 1.80. The molecule has 0 saturated heterocycles. The van der Waals surface area contributed by atoms with Crippen LogP contribution in [0, 0.1) is 6.92 Å². The van der Waals surface area contributed by atoms with Gasteiger partial charge in [-0.05, 0) is 18.6 Å². The van der Waals surface area contributed by atoms with Crippen molar-refractivity contribution in [1.29, 1.82) is 0 Å². The lowest BCUT2D eigenvalue weighted by molar-refractivity contribution is 0.105. The summed E-state index contributed by atoms with van der Waals surface area (Å²) in [5.41, 5.74) is 1.78. The summed E-state index contributed by atoms with van der Waals surface area (Å²) >= 11 is 0. The van der Waals surface area contributed by atoms with Crippen molar-refractivity contribution in [2.24, 2.45) is 0 Å². The van der Waals surface area contributed by atoms with E-state index in [1.54, 1.807) is 12.1 Å². The van der Waals surface area contributed by atoms with Gasteiger partial charge in [-0.2, -0.15) is 0 Å². The first-order valence-electron chi connectivity index (χ1n) is 5.95. The summed E-state index contributed by atoms with van der Waals surface area (Å²) in [6.07, 6.45) is 0. The molecular weight excluding hydrogens is 256 g/mol. The Morgan fingerprint density at radius 3 is 2.10 bits per heavy atom. The highest BCUT2D eigenvalue weighted by molar-refractivity contribution is 6.29. The minimum Gasteiger partial charge on any atom is -0.507 e. The van der Waals surface area contributed by atoms with E-state index in [1.807, 2.05) is 19.1 Å². The van der Waals surface area contributed by atoms with Crippen LogP contribution in [0.25, 0.3) is 5.57 Å². The molecule has 0 fully saturated rings. The minimum absolute atomic E-state index is 0.106. The Balaban J connectivity index is 2.39. The van der Waals surface area contributed by atoms with E-state index in [-0.39, 0.29) is 11.1 Å². The first kappa shape index (κ1) is 13.7. The number of rotatable bonds is 3. The Kier molecular flexibility index (Phi) is 3.48. The number of ketones is 1. The summed E-state index contributed by atoms with van der Waals surface area (Å²) in [5, 5.41) is 28.4. The molecular formula is C16H14O4. The fourth-order valence-electron chi connectivity index (χ4n) is 1.80. The molecule has 0 aliphatic heterocycles. The molecule has 2 rings (SSSR count). The Hall–Kier alpha value is -2.75. The lowest BCUT2D eigenvalue weighted by Gasteiger charge is -2.09. The number of phenols is 3. The molecule has 0 spiro atoms. The third kappa shape index (κ3) is 2.49. The second-order valence-electron chi connectivity index (χ2n) is 4.53. The zero-order chi connectivity index (χ0) is 14.9. The highest BCUT2D eigenvalue weighted by Crippen LogP contribution is 2.34. The van der Waals surface area contributed by atoms with E-state index in [1.165, 1.54) is 0 Å². The number of phenolic OH excluding ortho intramolecular Hbond substituents is 3. The third-order valence-corrected chi connectivity index (χ3v) is 3.01. The largest absolute Gasteiger partial charge is 0.507 e. The van der Waals surface area contributed by atoms with Crippen molar-refractivity contribution in [3.63, 3.8) is 0 Å². The molecule has 2 aromatic carbocycles. The van der Waals surface area contributed by atoms with Crippen LogP contribution in [0.2, 0.25) is 0 Å². The van der Waals surface area contributed by atoms with Crippen LogP contribution in [0.5, 0.6) is 17.2 Å². The molecule has 0 radical (unpaired) electrons. The molecule has 0 heterocycles. The molecule has 0 aromatic heterocycles. The Labute approximate surface area is 116 Å². The van der Waals surface area contributed by atoms with Gasteiger partial charge in [0.15, 0.2) is 17.3 Å². The average molecular weight is 270 g/mol. The van der Waals surface area contributed by atoms with Crippen LogP contribution in [0.15, 0.2) is 43.0 Å². The fraction of sp³-hybridized carbons (Fsp3) is 0.0625. The summed E-state index contributed by atoms with van der Waals surface area (Å²) in [4.78, 5) is 12.3. The van der Waals surface area contributed by atoms with E-state index in [0.717, 1.165) is 17.7 Å². The zero-order valence-electron chi connectivity index (χ0n) is 10.9. The molecule has 0 atom stereocenters. The van der Waals surface area contributed by atoms with Crippen molar-refractivity contribution in [2.75, 3.05) is 0 Å². The summed E-state index contributed by atoms with van der Waals surface area (Å²) in [6.45, 7) is 5.65. The van der Waals surface area contributed by atoms with Crippen molar-refractivity contribution < 1.29 is 20.1 Å². The zero-order valence-corrected chi connectivity index (χ0v) is 10.9. The second kappa shape index (κ2) is 5.09. The van der Waals surface area contributed by atoms with Crippen LogP contribution in [0.1, 0.15) is 21.5 Å².